The van der Waals surface area contributed by atoms with Crippen molar-refractivity contribution in [1.82, 2.24) is 5.32 Å². The van der Waals surface area contributed by atoms with Gasteiger partial charge in [0.2, 0.25) is 0 Å². The minimum Gasteiger partial charge on any atom is -0.455 e. The predicted molar refractivity (Wildman–Crippen MR) is 99.9 cm³/mol. The smallest absolute Gasteiger partial charge is 0.316 e. The minimum atomic E-state index is -0.453. The second kappa shape index (κ2) is 9.85. The molecule has 0 saturated heterocycles. The van der Waals surface area contributed by atoms with Gasteiger partial charge in [0.15, 0.2) is 6.61 Å². The number of ether oxygens (including phenoxy) is 1. The molecule has 2 amide bonds. The number of rotatable bonds is 8. The van der Waals surface area contributed by atoms with Crippen molar-refractivity contribution >= 4 is 46.6 Å². The molecule has 2 N–H and O–H groups in total. The van der Waals surface area contributed by atoms with E-state index in [2.05, 4.69) is 10.6 Å². The summed E-state index contributed by atoms with van der Waals surface area (Å²) in [6.07, 6.45) is 0. The fourth-order valence-electron chi connectivity index (χ4n) is 1.90. The molecule has 1 heterocycles. The molecule has 132 valence electrons. The molecule has 0 spiro atoms. The molecule has 0 aliphatic rings. The molecule has 0 fully saturated rings. The van der Waals surface area contributed by atoms with E-state index in [1.54, 1.807) is 35.6 Å². The summed E-state index contributed by atoms with van der Waals surface area (Å²) in [5.41, 5.74) is 0.900. The van der Waals surface area contributed by atoms with Crippen molar-refractivity contribution in [2.75, 3.05) is 24.7 Å². The van der Waals surface area contributed by atoms with Crippen molar-refractivity contribution in [2.24, 2.45) is 0 Å². The maximum atomic E-state index is 11.8. The van der Waals surface area contributed by atoms with E-state index in [1.165, 1.54) is 23.7 Å². The van der Waals surface area contributed by atoms with Gasteiger partial charge in [0.25, 0.3) is 11.8 Å². The van der Waals surface area contributed by atoms with Gasteiger partial charge in [0.05, 0.1) is 5.75 Å². The lowest BCUT2D eigenvalue weighted by Gasteiger charge is -2.08. The van der Waals surface area contributed by atoms with E-state index < -0.39 is 11.9 Å². The van der Waals surface area contributed by atoms with Crippen LogP contribution < -0.4 is 10.6 Å². The second-order valence-electron chi connectivity index (χ2n) is 4.94. The first-order valence-corrected chi connectivity index (χ1v) is 9.49. The van der Waals surface area contributed by atoms with Gasteiger partial charge in [0.1, 0.15) is 0 Å². The van der Waals surface area contributed by atoms with Crippen molar-refractivity contribution in [2.45, 2.75) is 5.75 Å². The van der Waals surface area contributed by atoms with Crippen LogP contribution in [0.25, 0.3) is 0 Å². The quantitative estimate of drug-likeness (QED) is 0.690. The lowest BCUT2D eigenvalue weighted by molar-refractivity contribution is -0.144. The monoisotopic (exact) mass is 378 g/mol. The summed E-state index contributed by atoms with van der Waals surface area (Å²) >= 11 is 3.08. The maximum absolute atomic E-state index is 11.8. The maximum Gasteiger partial charge on any atom is 0.316 e. The first kappa shape index (κ1) is 19.0. The largest absolute Gasteiger partial charge is 0.455 e. The van der Waals surface area contributed by atoms with E-state index in [0.29, 0.717) is 11.3 Å². The van der Waals surface area contributed by atoms with Crippen molar-refractivity contribution in [3.63, 3.8) is 0 Å². The lowest BCUT2D eigenvalue weighted by Crippen LogP contribution is -2.22. The molecule has 0 bridgehead atoms. The minimum absolute atomic E-state index is 0.192. The van der Waals surface area contributed by atoms with Crippen molar-refractivity contribution < 1.29 is 19.1 Å². The van der Waals surface area contributed by atoms with Crippen molar-refractivity contribution in [1.29, 1.82) is 0 Å². The molecule has 6 nitrogen and oxygen atoms in total. The summed E-state index contributed by atoms with van der Waals surface area (Å²) in [6, 6.07) is 10.5. The van der Waals surface area contributed by atoms with Gasteiger partial charge in [-0.2, -0.15) is 0 Å². The zero-order valence-electron chi connectivity index (χ0n) is 13.6. The van der Waals surface area contributed by atoms with E-state index in [0.717, 1.165) is 5.75 Å². The van der Waals surface area contributed by atoms with Crippen LogP contribution in [-0.2, 0) is 20.1 Å². The number of nitrogens with one attached hydrogen (secondary N) is 2. The van der Waals surface area contributed by atoms with E-state index in [9.17, 15) is 14.4 Å². The highest BCUT2D eigenvalue weighted by Gasteiger charge is 2.10. The Morgan fingerprint density at radius 1 is 1.20 bits per heavy atom. The molecule has 0 radical (unpaired) electrons. The fraction of sp³-hybridized carbons (Fsp3) is 0.235. The average Bonchev–Trinajstić information content (AvgIpc) is 3.13. The number of anilines is 1. The number of benzene rings is 1. The lowest BCUT2D eigenvalue weighted by atomic mass is 10.2. The third-order valence-electron chi connectivity index (χ3n) is 3.04. The Balaban J connectivity index is 1.71. The molecule has 2 aromatic rings. The summed E-state index contributed by atoms with van der Waals surface area (Å²) in [6.45, 7) is -0.359. The van der Waals surface area contributed by atoms with Gasteiger partial charge in [-0.1, -0.05) is 12.1 Å². The first-order chi connectivity index (χ1) is 12.1. The second-order valence-corrected chi connectivity index (χ2v) is 6.96. The molecule has 8 heteroatoms. The van der Waals surface area contributed by atoms with Crippen LogP contribution in [0, 0.1) is 0 Å². The number of hydrogen-bond donors (Lipinski definition) is 2. The van der Waals surface area contributed by atoms with E-state index in [4.69, 9.17) is 4.74 Å². The Kier molecular flexibility index (Phi) is 7.49. The van der Waals surface area contributed by atoms with Gasteiger partial charge in [0, 0.05) is 28.9 Å². The molecular formula is C17H18N2O4S2. The Morgan fingerprint density at radius 3 is 2.76 bits per heavy atom. The Labute approximate surface area is 154 Å². The fourth-order valence-corrected chi connectivity index (χ4v) is 3.56. The summed E-state index contributed by atoms with van der Waals surface area (Å²) in [7, 11) is 1.53. The molecule has 0 aliphatic carbocycles. The van der Waals surface area contributed by atoms with Gasteiger partial charge in [-0.25, -0.2) is 0 Å². The Bertz CT molecular complexity index is 732. The zero-order chi connectivity index (χ0) is 18.1. The molecule has 1 aromatic carbocycles. The SMILES string of the molecule is CNC(=O)c1cccc(NC(=O)COC(=O)CSCc2cccs2)c1. The van der Waals surface area contributed by atoms with Crippen LogP contribution in [0.3, 0.4) is 0 Å². The van der Waals surface area contributed by atoms with Crippen LogP contribution in [0.4, 0.5) is 5.69 Å². The highest BCUT2D eigenvalue weighted by molar-refractivity contribution is 7.99. The van der Waals surface area contributed by atoms with Gasteiger partial charge < -0.3 is 15.4 Å². The molecule has 1 aromatic heterocycles. The van der Waals surface area contributed by atoms with Crippen LogP contribution in [0.2, 0.25) is 0 Å². The molecule has 2 rings (SSSR count). The van der Waals surface area contributed by atoms with Gasteiger partial charge in [-0.15, -0.1) is 23.1 Å². The number of carbonyl (C=O) groups is 3. The van der Waals surface area contributed by atoms with Gasteiger partial charge >= 0.3 is 5.97 Å². The van der Waals surface area contributed by atoms with E-state index >= 15 is 0 Å². The summed E-state index contributed by atoms with van der Waals surface area (Å²) in [5.74, 6) is -0.199. The number of thioether (sulfide) groups is 1. The van der Waals surface area contributed by atoms with Crippen LogP contribution in [-0.4, -0.2) is 37.2 Å². The number of esters is 1. The Hall–Kier alpha value is -2.32. The van der Waals surface area contributed by atoms with E-state index in [1.807, 2.05) is 17.5 Å². The molecular weight excluding hydrogens is 360 g/mol. The number of amides is 2. The standard InChI is InChI=1S/C17H18N2O4S2/c1-18-17(22)12-4-2-5-13(8-12)19-15(20)9-23-16(21)11-24-10-14-6-3-7-25-14/h2-8H,9-11H2,1H3,(H,18,22)(H,19,20). The zero-order valence-corrected chi connectivity index (χ0v) is 15.2. The molecule has 0 aliphatic heterocycles. The number of hydrogen-bond acceptors (Lipinski definition) is 6. The summed E-state index contributed by atoms with van der Waals surface area (Å²) < 4.78 is 4.95. The molecule has 25 heavy (non-hydrogen) atoms. The average molecular weight is 378 g/mol. The summed E-state index contributed by atoms with van der Waals surface area (Å²) in [4.78, 5) is 36.2. The number of carbonyl (C=O) groups excluding carboxylic acids is 3. The van der Waals surface area contributed by atoms with Crippen LogP contribution in [0.15, 0.2) is 41.8 Å². The first-order valence-electron chi connectivity index (χ1n) is 7.46. The summed E-state index contributed by atoms with van der Waals surface area (Å²) in [5, 5.41) is 7.09. The normalized spacial score (nSPS) is 10.1. The third-order valence-corrected chi connectivity index (χ3v) is 5.06. The third kappa shape index (κ3) is 6.60. The van der Waals surface area contributed by atoms with Gasteiger partial charge in [-0.05, 0) is 29.6 Å². The van der Waals surface area contributed by atoms with Crippen molar-refractivity contribution in [3.05, 3.63) is 52.2 Å². The van der Waals surface area contributed by atoms with E-state index in [-0.39, 0.29) is 18.3 Å². The van der Waals surface area contributed by atoms with Crippen molar-refractivity contribution in [3.8, 4) is 0 Å². The van der Waals surface area contributed by atoms with Crippen LogP contribution in [0.5, 0.6) is 0 Å². The van der Waals surface area contributed by atoms with Crippen LogP contribution in [0.1, 0.15) is 15.2 Å². The molecule has 0 saturated carbocycles. The van der Waals surface area contributed by atoms with Crippen LogP contribution >= 0.6 is 23.1 Å². The predicted octanol–water partition coefficient (Wildman–Crippen LogP) is 2.52. The highest BCUT2D eigenvalue weighted by atomic mass is 32.2. The Morgan fingerprint density at radius 2 is 2.04 bits per heavy atom. The topological polar surface area (TPSA) is 84.5 Å². The van der Waals surface area contributed by atoms with Gasteiger partial charge in [-0.3, -0.25) is 14.4 Å². The number of thiophene rings is 1. The molecule has 0 atom stereocenters. The molecule has 0 unspecified atom stereocenters. The highest BCUT2D eigenvalue weighted by Crippen LogP contribution is 2.17.